The van der Waals surface area contributed by atoms with Crippen molar-refractivity contribution < 1.29 is 18.3 Å². The van der Waals surface area contributed by atoms with Crippen LogP contribution in [-0.2, 0) is 14.8 Å². The number of pyridine rings is 1. The number of aromatic nitrogens is 1. The van der Waals surface area contributed by atoms with Gasteiger partial charge in [0.2, 0.25) is 0 Å². The molecule has 0 fully saturated rings. The number of aliphatic carboxylic acids is 1. The third-order valence-electron chi connectivity index (χ3n) is 5.41. The maximum absolute atomic E-state index is 13.0. The fraction of sp³-hybridized carbons (Fsp3) is 0.280. The Bertz CT molecular complexity index is 1300. The number of rotatable bonds is 9. The van der Waals surface area contributed by atoms with Crippen molar-refractivity contribution in [3.63, 3.8) is 0 Å². The van der Waals surface area contributed by atoms with Crippen molar-refractivity contribution in [3.05, 3.63) is 60.3 Å². The lowest BCUT2D eigenvalue weighted by molar-refractivity contribution is -0.137. The normalized spacial score (nSPS) is 12.3. The molecule has 2 aromatic carbocycles. The second-order valence-corrected chi connectivity index (χ2v) is 9.83. The van der Waals surface area contributed by atoms with Crippen LogP contribution in [-0.4, -0.2) is 37.1 Å². The van der Waals surface area contributed by atoms with Crippen LogP contribution in [0.4, 0.5) is 11.5 Å². The summed E-state index contributed by atoms with van der Waals surface area (Å²) in [6, 6.07) is 13.6. The molecule has 33 heavy (non-hydrogen) atoms. The van der Waals surface area contributed by atoms with Gasteiger partial charge in [-0.05, 0) is 30.5 Å². The van der Waals surface area contributed by atoms with Gasteiger partial charge in [0.25, 0.3) is 10.0 Å². The number of hydrogen-bond acceptors (Lipinski definition) is 5. The van der Waals surface area contributed by atoms with Crippen molar-refractivity contribution in [2.75, 3.05) is 16.2 Å². The molecule has 0 radical (unpaired) electrons. The Morgan fingerprint density at radius 3 is 2.33 bits per heavy atom. The van der Waals surface area contributed by atoms with Gasteiger partial charge in [-0.15, -0.1) is 6.42 Å². The van der Waals surface area contributed by atoms with E-state index in [-0.39, 0.29) is 17.9 Å². The van der Waals surface area contributed by atoms with Crippen LogP contribution >= 0.6 is 0 Å². The summed E-state index contributed by atoms with van der Waals surface area (Å²) in [5, 5.41) is 10.5. The molecule has 7 nitrogen and oxygen atoms in total. The number of carboxylic acids is 1. The van der Waals surface area contributed by atoms with Crippen LogP contribution in [0.2, 0.25) is 0 Å². The number of anilines is 2. The van der Waals surface area contributed by atoms with Gasteiger partial charge in [0.1, 0.15) is 5.82 Å². The molecule has 0 amide bonds. The third kappa shape index (κ3) is 5.44. The summed E-state index contributed by atoms with van der Waals surface area (Å²) in [4.78, 5) is 17.6. The molecule has 1 aromatic heterocycles. The van der Waals surface area contributed by atoms with Gasteiger partial charge in [0.05, 0.1) is 29.7 Å². The molecule has 172 valence electrons. The third-order valence-corrected chi connectivity index (χ3v) is 6.79. The molecule has 0 saturated heterocycles. The molecule has 1 heterocycles. The molecule has 0 saturated carbocycles. The van der Waals surface area contributed by atoms with Crippen molar-refractivity contribution in [1.29, 1.82) is 0 Å². The second-order valence-electron chi connectivity index (χ2n) is 8.15. The van der Waals surface area contributed by atoms with Crippen molar-refractivity contribution in [2.24, 2.45) is 0 Å². The van der Waals surface area contributed by atoms with Crippen molar-refractivity contribution in [1.82, 2.24) is 4.98 Å². The first-order valence-corrected chi connectivity index (χ1v) is 12.0. The summed E-state index contributed by atoms with van der Waals surface area (Å²) in [6.07, 6.45) is 6.85. The molecule has 0 unspecified atom stereocenters. The molecular weight excluding hydrogens is 438 g/mol. The van der Waals surface area contributed by atoms with E-state index < -0.39 is 22.0 Å². The number of benzene rings is 2. The lowest BCUT2D eigenvalue weighted by atomic mass is 10.0. The summed E-state index contributed by atoms with van der Waals surface area (Å²) in [5.74, 6) is 2.41. The monoisotopic (exact) mass is 465 g/mol. The molecule has 0 aliphatic heterocycles. The predicted octanol–water partition coefficient (Wildman–Crippen LogP) is 4.46. The van der Waals surface area contributed by atoms with E-state index in [9.17, 15) is 18.3 Å². The van der Waals surface area contributed by atoms with Gasteiger partial charge in [-0.2, -0.15) is 0 Å². The molecule has 3 aromatic rings. The number of hydrogen-bond donors (Lipinski definition) is 2. The van der Waals surface area contributed by atoms with Crippen molar-refractivity contribution >= 4 is 38.3 Å². The van der Waals surface area contributed by atoms with E-state index in [0.29, 0.717) is 28.2 Å². The Morgan fingerprint density at radius 1 is 1.12 bits per heavy atom. The lowest BCUT2D eigenvalue weighted by Crippen LogP contribution is -2.36. The summed E-state index contributed by atoms with van der Waals surface area (Å²) < 4.78 is 28.7. The number of fused-ring (bicyclic) bond motifs is 1. The van der Waals surface area contributed by atoms with Gasteiger partial charge in [0, 0.05) is 16.8 Å². The zero-order valence-electron chi connectivity index (χ0n) is 18.8. The number of carboxylic acid groups (broad SMARTS) is 1. The molecule has 1 atom stereocenters. The van der Waals surface area contributed by atoms with Gasteiger partial charge in [-0.3, -0.25) is 9.52 Å². The van der Waals surface area contributed by atoms with E-state index in [1.54, 1.807) is 48.2 Å². The second kappa shape index (κ2) is 9.92. The standard InChI is InChI=1S/C25H27N3O4S/c1-5-14-28(18(4)15-24(29)30)25-22-9-7-6-8-21(22)23(16-26-25)27-33(31,32)20-12-10-19(11-13-20)17(2)3/h1,6-13,16-18,27H,14-15H2,2-4H3,(H,29,30)/t18-/m0/s1. The Labute approximate surface area is 194 Å². The highest BCUT2D eigenvalue weighted by Crippen LogP contribution is 2.32. The summed E-state index contributed by atoms with van der Waals surface area (Å²) >= 11 is 0. The number of carbonyl (C=O) groups is 1. The van der Waals surface area contributed by atoms with Gasteiger partial charge in [-0.1, -0.05) is 56.2 Å². The van der Waals surface area contributed by atoms with Crippen LogP contribution < -0.4 is 9.62 Å². The Kier molecular flexibility index (Phi) is 7.24. The van der Waals surface area contributed by atoms with Crippen molar-refractivity contribution in [3.8, 4) is 12.3 Å². The first-order chi connectivity index (χ1) is 15.6. The Morgan fingerprint density at radius 2 is 1.76 bits per heavy atom. The highest BCUT2D eigenvalue weighted by atomic mass is 32.2. The van der Waals surface area contributed by atoms with E-state index in [4.69, 9.17) is 6.42 Å². The topological polar surface area (TPSA) is 99.6 Å². The summed E-state index contributed by atoms with van der Waals surface area (Å²) in [7, 11) is -3.84. The highest BCUT2D eigenvalue weighted by Gasteiger charge is 2.22. The predicted molar refractivity (Wildman–Crippen MR) is 131 cm³/mol. The number of nitrogens with zero attached hydrogens (tertiary/aromatic N) is 2. The summed E-state index contributed by atoms with van der Waals surface area (Å²) in [6.45, 7) is 6.02. The summed E-state index contributed by atoms with van der Waals surface area (Å²) in [5.41, 5.74) is 1.38. The molecule has 0 aliphatic carbocycles. The van der Waals surface area contributed by atoms with Crippen molar-refractivity contribution in [2.45, 2.75) is 44.0 Å². The quantitative estimate of drug-likeness (QED) is 0.453. The lowest BCUT2D eigenvalue weighted by Gasteiger charge is -2.29. The van der Waals surface area contributed by atoms with Crippen LogP contribution in [0, 0.1) is 12.3 Å². The average molecular weight is 466 g/mol. The molecule has 2 N–H and O–H groups in total. The van der Waals surface area contributed by atoms with Gasteiger partial charge >= 0.3 is 5.97 Å². The van der Waals surface area contributed by atoms with Crippen LogP contribution in [0.25, 0.3) is 10.8 Å². The van der Waals surface area contributed by atoms with Gasteiger partial charge < -0.3 is 10.0 Å². The van der Waals surface area contributed by atoms with Crippen LogP contribution in [0.3, 0.4) is 0 Å². The number of sulfonamides is 1. The zero-order valence-corrected chi connectivity index (χ0v) is 19.6. The van der Waals surface area contributed by atoms with E-state index in [0.717, 1.165) is 5.56 Å². The van der Waals surface area contributed by atoms with Crippen LogP contribution in [0.15, 0.2) is 59.6 Å². The number of nitrogens with one attached hydrogen (secondary N) is 1. The Balaban J connectivity index is 2.02. The van der Waals surface area contributed by atoms with Gasteiger partial charge in [-0.25, -0.2) is 13.4 Å². The largest absolute Gasteiger partial charge is 0.481 e. The zero-order chi connectivity index (χ0) is 24.2. The first kappa shape index (κ1) is 24.1. The smallest absolute Gasteiger partial charge is 0.305 e. The van der Waals surface area contributed by atoms with E-state index in [1.165, 1.54) is 6.20 Å². The molecule has 0 aliphatic rings. The van der Waals surface area contributed by atoms with E-state index >= 15 is 0 Å². The fourth-order valence-electron chi connectivity index (χ4n) is 3.62. The maximum Gasteiger partial charge on any atom is 0.305 e. The van der Waals surface area contributed by atoms with E-state index in [1.807, 2.05) is 26.0 Å². The van der Waals surface area contributed by atoms with Crippen LogP contribution in [0.1, 0.15) is 38.7 Å². The average Bonchev–Trinajstić information content (AvgIpc) is 2.77. The Hall–Kier alpha value is -3.57. The SMILES string of the molecule is C#CCN(c1ncc(NS(=O)(=O)c2ccc(C(C)C)cc2)c2ccccc12)[C@@H](C)CC(=O)O. The maximum atomic E-state index is 13.0. The molecule has 0 spiro atoms. The number of terminal acetylenes is 1. The van der Waals surface area contributed by atoms with E-state index in [2.05, 4.69) is 15.6 Å². The molecule has 3 rings (SSSR count). The minimum Gasteiger partial charge on any atom is -0.481 e. The molecule has 8 heteroatoms. The van der Waals surface area contributed by atoms with Gasteiger partial charge in [0.15, 0.2) is 0 Å². The molecular formula is C25H27N3O4S. The minimum atomic E-state index is -3.84. The molecule has 0 bridgehead atoms. The fourth-order valence-corrected chi connectivity index (χ4v) is 4.69. The highest BCUT2D eigenvalue weighted by molar-refractivity contribution is 7.92. The minimum absolute atomic E-state index is 0.113. The van der Waals surface area contributed by atoms with Crippen LogP contribution in [0.5, 0.6) is 0 Å². The first-order valence-electron chi connectivity index (χ1n) is 10.6.